The summed E-state index contributed by atoms with van der Waals surface area (Å²) in [4.78, 5) is 28.9. The van der Waals surface area contributed by atoms with E-state index in [1.807, 2.05) is 4.90 Å². The van der Waals surface area contributed by atoms with Crippen molar-refractivity contribution in [3.8, 4) is 11.5 Å². The molecule has 0 spiro atoms. The number of carbonyl (C=O) groups is 2. The van der Waals surface area contributed by atoms with E-state index < -0.39 is 0 Å². The van der Waals surface area contributed by atoms with Gasteiger partial charge in [0, 0.05) is 38.8 Å². The first-order valence-corrected chi connectivity index (χ1v) is 8.65. The Kier molecular flexibility index (Phi) is 7.11. The fraction of sp³-hybridized carbons (Fsp3) is 0.556. The van der Waals surface area contributed by atoms with Crippen molar-refractivity contribution >= 4 is 24.2 Å². The van der Waals surface area contributed by atoms with Crippen molar-refractivity contribution in [2.75, 3.05) is 53.5 Å². The summed E-state index contributed by atoms with van der Waals surface area (Å²) in [5.41, 5.74) is 0.517. The van der Waals surface area contributed by atoms with Crippen molar-refractivity contribution in [1.82, 2.24) is 15.1 Å². The van der Waals surface area contributed by atoms with Crippen LogP contribution in [0.15, 0.2) is 18.2 Å². The lowest BCUT2D eigenvalue weighted by atomic mass is 10.1. The number of hydrogen-bond donors (Lipinski definition) is 1. The number of benzene rings is 1. The van der Waals surface area contributed by atoms with Gasteiger partial charge in [-0.1, -0.05) is 0 Å². The van der Waals surface area contributed by atoms with Crippen LogP contribution >= 0.6 is 12.4 Å². The molecule has 3 rings (SSSR count). The fourth-order valence-corrected chi connectivity index (χ4v) is 3.40. The summed E-state index contributed by atoms with van der Waals surface area (Å²) >= 11 is 0. The number of nitrogens with one attached hydrogen (secondary N) is 1. The van der Waals surface area contributed by atoms with Crippen LogP contribution in [-0.4, -0.2) is 75.1 Å². The molecule has 0 bridgehead atoms. The van der Waals surface area contributed by atoms with Gasteiger partial charge in [0.15, 0.2) is 0 Å². The second-order valence-corrected chi connectivity index (χ2v) is 6.37. The van der Waals surface area contributed by atoms with Gasteiger partial charge in [0.2, 0.25) is 5.91 Å². The predicted molar refractivity (Wildman–Crippen MR) is 100 cm³/mol. The van der Waals surface area contributed by atoms with Crippen LogP contribution in [0.2, 0.25) is 0 Å². The first kappa shape index (κ1) is 20.3. The molecule has 7 nitrogen and oxygen atoms in total. The molecule has 2 heterocycles. The Hall–Kier alpha value is -1.99. The molecule has 1 aromatic carbocycles. The second-order valence-electron chi connectivity index (χ2n) is 6.37. The van der Waals surface area contributed by atoms with Crippen molar-refractivity contribution in [2.24, 2.45) is 5.92 Å². The molecule has 0 saturated carbocycles. The molecule has 1 aromatic rings. The van der Waals surface area contributed by atoms with Crippen LogP contribution in [0, 0.1) is 5.92 Å². The molecule has 2 fully saturated rings. The number of carbonyl (C=O) groups excluding carboxylic acids is 2. The van der Waals surface area contributed by atoms with Crippen LogP contribution < -0.4 is 14.8 Å². The van der Waals surface area contributed by atoms with Gasteiger partial charge in [0.05, 0.1) is 25.7 Å². The number of hydrogen-bond acceptors (Lipinski definition) is 5. The largest absolute Gasteiger partial charge is 0.497 e. The predicted octanol–water partition coefficient (Wildman–Crippen LogP) is 1.02. The Bertz CT molecular complexity index is 641. The number of nitrogens with zero attached hydrogens (tertiary/aromatic N) is 2. The molecule has 2 saturated heterocycles. The second kappa shape index (κ2) is 9.09. The van der Waals surface area contributed by atoms with E-state index in [4.69, 9.17) is 9.47 Å². The van der Waals surface area contributed by atoms with Crippen LogP contribution in [-0.2, 0) is 4.79 Å². The lowest BCUT2D eigenvalue weighted by Gasteiger charge is -2.36. The smallest absolute Gasteiger partial charge is 0.257 e. The summed E-state index contributed by atoms with van der Waals surface area (Å²) in [6.45, 7) is 3.92. The highest BCUT2D eigenvalue weighted by atomic mass is 35.5. The van der Waals surface area contributed by atoms with E-state index in [1.165, 1.54) is 7.11 Å². The fourth-order valence-electron chi connectivity index (χ4n) is 3.40. The Morgan fingerprint density at radius 3 is 2.35 bits per heavy atom. The first-order chi connectivity index (χ1) is 12.1. The van der Waals surface area contributed by atoms with Gasteiger partial charge >= 0.3 is 0 Å². The molecule has 0 radical (unpaired) electrons. The van der Waals surface area contributed by atoms with Crippen LogP contribution in [0.25, 0.3) is 0 Å². The zero-order chi connectivity index (χ0) is 17.8. The number of rotatable bonds is 4. The zero-order valence-corrected chi connectivity index (χ0v) is 16.0. The van der Waals surface area contributed by atoms with Crippen molar-refractivity contribution in [2.45, 2.75) is 6.42 Å². The summed E-state index contributed by atoms with van der Waals surface area (Å²) in [5, 5.41) is 3.23. The monoisotopic (exact) mass is 383 g/mol. The number of methoxy groups -OCH3 is 2. The third-order valence-electron chi connectivity index (χ3n) is 4.93. The minimum absolute atomic E-state index is 0. The minimum atomic E-state index is -0.0749. The van der Waals surface area contributed by atoms with Gasteiger partial charge in [-0.05, 0) is 25.1 Å². The average Bonchev–Trinajstić information content (AvgIpc) is 3.21. The molecule has 2 aliphatic heterocycles. The Morgan fingerprint density at radius 2 is 1.77 bits per heavy atom. The van der Waals surface area contributed by atoms with Gasteiger partial charge in [-0.25, -0.2) is 0 Å². The van der Waals surface area contributed by atoms with Crippen molar-refractivity contribution in [3.05, 3.63) is 23.8 Å². The van der Waals surface area contributed by atoms with Crippen LogP contribution in [0.5, 0.6) is 11.5 Å². The molecule has 8 heteroatoms. The highest BCUT2D eigenvalue weighted by Crippen LogP contribution is 2.26. The van der Waals surface area contributed by atoms with Gasteiger partial charge in [0.1, 0.15) is 11.5 Å². The van der Waals surface area contributed by atoms with Crippen molar-refractivity contribution < 1.29 is 19.1 Å². The molecule has 2 amide bonds. The van der Waals surface area contributed by atoms with E-state index in [0.717, 1.165) is 19.5 Å². The quantitative estimate of drug-likeness (QED) is 0.840. The summed E-state index contributed by atoms with van der Waals surface area (Å²) in [7, 11) is 3.12. The van der Waals surface area contributed by atoms with Gasteiger partial charge in [-0.2, -0.15) is 0 Å². The molecule has 26 heavy (non-hydrogen) atoms. The molecule has 2 aliphatic rings. The van der Waals surface area contributed by atoms with E-state index >= 15 is 0 Å². The van der Waals surface area contributed by atoms with Gasteiger partial charge in [0.25, 0.3) is 5.91 Å². The first-order valence-electron chi connectivity index (χ1n) is 8.65. The van der Waals surface area contributed by atoms with Gasteiger partial charge in [-0.15, -0.1) is 12.4 Å². The molecule has 0 aromatic heterocycles. The van der Waals surface area contributed by atoms with Gasteiger partial charge < -0.3 is 24.6 Å². The lowest BCUT2D eigenvalue weighted by molar-refractivity contribution is -0.136. The standard InChI is InChI=1S/C18H25N3O4.ClH/c1-24-14-3-4-15(16(11-14)25-2)18(23)21-9-7-20(8-10-21)17(22)13-5-6-19-12-13;/h3-4,11,13,19H,5-10,12H2,1-2H3;1H. The molecule has 0 aliphatic carbocycles. The van der Waals surface area contributed by atoms with Gasteiger partial charge in [-0.3, -0.25) is 9.59 Å². The maximum Gasteiger partial charge on any atom is 0.257 e. The summed E-state index contributed by atoms with van der Waals surface area (Å²) in [5.74, 6) is 1.37. The lowest BCUT2D eigenvalue weighted by Crippen LogP contribution is -2.52. The molecule has 1 N–H and O–H groups in total. The van der Waals surface area contributed by atoms with E-state index in [-0.39, 0.29) is 30.1 Å². The van der Waals surface area contributed by atoms with Crippen molar-refractivity contribution in [1.29, 1.82) is 0 Å². The number of piperazine rings is 1. The van der Waals surface area contributed by atoms with E-state index in [2.05, 4.69) is 5.32 Å². The summed E-state index contributed by atoms with van der Waals surface area (Å²) < 4.78 is 10.5. The maximum atomic E-state index is 12.8. The third-order valence-corrected chi connectivity index (χ3v) is 4.93. The SMILES string of the molecule is COc1ccc(C(=O)N2CCN(C(=O)C3CCNC3)CC2)c(OC)c1.Cl. The maximum absolute atomic E-state index is 12.8. The topological polar surface area (TPSA) is 71.1 Å². The van der Waals surface area contributed by atoms with Crippen LogP contribution in [0.3, 0.4) is 0 Å². The normalized spacial score (nSPS) is 19.7. The molecular formula is C18H26ClN3O4. The summed E-state index contributed by atoms with van der Waals surface area (Å²) in [6.07, 6.45) is 0.904. The Morgan fingerprint density at radius 1 is 1.08 bits per heavy atom. The van der Waals surface area contributed by atoms with E-state index in [1.54, 1.807) is 30.2 Å². The van der Waals surface area contributed by atoms with E-state index in [0.29, 0.717) is 43.2 Å². The Labute approximate surface area is 160 Å². The van der Waals surface area contributed by atoms with Crippen molar-refractivity contribution in [3.63, 3.8) is 0 Å². The zero-order valence-electron chi connectivity index (χ0n) is 15.2. The van der Waals surface area contributed by atoms with E-state index in [9.17, 15) is 9.59 Å². The number of halogens is 1. The molecule has 1 unspecified atom stereocenters. The highest BCUT2D eigenvalue weighted by Gasteiger charge is 2.31. The van der Waals surface area contributed by atoms with Crippen LogP contribution in [0.1, 0.15) is 16.8 Å². The molecule has 1 atom stereocenters. The summed E-state index contributed by atoms with van der Waals surface area (Å²) in [6, 6.07) is 5.18. The average molecular weight is 384 g/mol. The molecule has 144 valence electrons. The number of ether oxygens (including phenoxy) is 2. The Balaban J connectivity index is 0.00000243. The third kappa shape index (κ3) is 4.22. The highest BCUT2D eigenvalue weighted by molar-refractivity contribution is 5.97. The number of amides is 2. The van der Waals surface area contributed by atoms with Crippen LogP contribution in [0.4, 0.5) is 0 Å². The molecular weight excluding hydrogens is 358 g/mol. The minimum Gasteiger partial charge on any atom is -0.497 e.